The molecule has 0 aromatic heterocycles. The fraction of sp³-hybridized carbons (Fsp3) is 0.368. The molecule has 0 spiro atoms. The van der Waals surface area contributed by atoms with Gasteiger partial charge in [-0.2, -0.15) is 4.31 Å². The van der Waals surface area contributed by atoms with E-state index in [0.29, 0.717) is 23.0 Å². The van der Waals surface area contributed by atoms with E-state index in [2.05, 4.69) is 6.92 Å². The van der Waals surface area contributed by atoms with Crippen LogP contribution in [0.25, 0.3) is 0 Å². The molecule has 0 fully saturated rings. The third-order valence-electron chi connectivity index (χ3n) is 4.20. The average molecular weight is 361 g/mol. The van der Waals surface area contributed by atoms with E-state index in [4.69, 9.17) is 9.47 Å². The van der Waals surface area contributed by atoms with Crippen molar-refractivity contribution in [1.29, 1.82) is 0 Å². The van der Waals surface area contributed by atoms with Crippen LogP contribution in [-0.2, 0) is 16.4 Å². The predicted octanol–water partition coefficient (Wildman–Crippen LogP) is 3.10. The molecule has 2 aromatic carbocycles. The van der Waals surface area contributed by atoms with Crippen LogP contribution in [0.3, 0.4) is 0 Å². The van der Waals surface area contributed by atoms with Crippen molar-refractivity contribution in [1.82, 2.24) is 4.31 Å². The Morgan fingerprint density at radius 2 is 1.76 bits per heavy atom. The Bertz CT molecular complexity index is 818. The molecule has 6 heteroatoms. The van der Waals surface area contributed by atoms with Gasteiger partial charge in [0, 0.05) is 7.05 Å². The van der Waals surface area contributed by atoms with E-state index >= 15 is 0 Å². The summed E-state index contributed by atoms with van der Waals surface area (Å²) in [5.74, 6) is 1.34. The van der Waals surface area contributed by atoms with Crippen molar-refractivity contribution in [3.8, 4) is 11.5 Å². The molecular formula is C19H23NO4S. The number of sulfonamides is 1. The summed E-state index contributed by atoms with van der Waals surface area (Å²) in [7, 11) is -1.98. The fourth-order valence-corrected chi connectivity index (χ4v) is 4.04. The smallest absolute Gasteiger partial charge is 0.242 e. The van der Waals surface area contributed by atoms with E-state index in [-0.39, 0.29) is 12.6 Å². The number of hydrogen-bond acceptors (Lipinski definition) is 4. The first-order valence-electron chi connectivity index (χ1n) is 8.44. The van der Waals surface area contributed by atoms with Gasteiger partial charge in [0.05, 0.1) is 11.4 Å². The average Bonchev–Trinajstić information content (AvgIpc) is 2.62. The maximum absolute atomic E-state index is 12.8. The van der Waals surface area contributed by atoms with E-state index in [0.717, 1.165) is 18.4 Å². The van der Waals surface area contributed by atoms with Crippen LogP contribution >= 0.6 is 0 Å². The lowest BCUT2D eigenvalue weighted by atomic mass is 10.1. The Balaban J connectivity index is 1.69. The van der Waals surface area contributed by atoms with Gasteiger partial charge in [0.15, 0.2) is 11.5 Å². The number of para-hydroxylation sites is 2. The van der Waals surface area contributed by atoms with Crippen LogP contribution in [0.2, 0.25) is 0 Å². The third-order valence-corrected chi connectivity index (χ3v) is 6.04. The predicted molar refractivity (Wildman–Crippen MR) is 96.6 cm³/mol. The van der Waals surface area contributed by atoms with Crippen molar-refractivity contribution < 1.29 is 17.9 Å². The number of likely N-dealkylation sites (N-methyl/N-ethyl adjacent to an activating group) is 1. The molecular weight excluding hydrogens is 338 g/mol. The maximum atomic E-state index is 12.8. The Morgan fingerprint density at radius 3 is 2.44 bits per heavy atom. The minimum absolute atomic E-state index is 0.230. The minimum atomic E-state index is -3.55. The zero-order valence-electron chi connectivity index (χ0n) is 14.5. The number of fused-ring (bicyclic) bond motifs is 1. The van der Waals surface area contributed by atoms with Crippen LogP contribution in [0.5, 0.6) is 11.5 Å². The zero-order valence-corrected chi connectivity index (χ0v) is 15.3. The Hall–Kier alpha value is -2.05. The Labute approximate surface area is 149 Å². The van der Waals surface area contributed by atoms with E-state index < -0.39 is 10.0 Å². The minimum Gasteiger partial charge on any atom is -0.486 e. The van der Waals surface area contributed by atoms with Crippen molar-refractivity contribution in [2.75, 3.05) is 20.2 Å². The first kappa shape index (κ1) is 17.8. The number of nitrogens with zero attached hydrogens (tertiary/aromatic N) is 1. The standard InChI is InChI=1S/C19H23NO4S/c1-3-6-15-9-11-17(12-10-15)25(21,22)20(2)13-16-14-23-18-7-4-5-8-19(18)24-16/h4-5,7-12,16H,3,6,13-14H2,1-2H3. The number of aryl methyl sites for hydroxylation is 1. The van der Waals surface area contributed by atoms with Gasteiger partial charge >= 0.3 is 0 Å². The molecule has 2 aromatic rings. The lowest BCUT2D eigenvalue weighted by Gasteiger charge is -2.29. The van der Waals surface area contributed by atoms with E-state index in [1.807, 2.05) is 36.4 Å². The summed E-state index contributed by atoms with van der Waals surface area (Å²) in [4.78, 5) is 0.298. The number of rotatable bonds is 6. The number of hydrogen-bond donors (Lipinski definition) is 0. The quantitative estimate of drug-likeness (QED) is 0.793. The monoisotopic (exact) mass is 361 g/mol. The first-order chi connectivity index (χ1) is 12.0. The van der Waals surface area contributed by atoms with E-state index in [9.17, 15) is 8.42 Å². The van der Waals surface area contributed by atoms with Crippen LogP contribution in [-0.4, -0.2) is 39.0 Å². The Kier molecular flexibility index (Phi) is 5.30. The van der Waals surface area contributed by atoms with Gasteiger partial charge in [-0.15, -0.1) is 0 Å². The number of ether oxygens (including phenoxy) is 2. The third kappa shape index (κ3) is 3.96. The highest BCUT2D eigenvalue weighted by Crippen LogP contribution is 2.31. The van der Waals surface area contributed by atoms with Gasteiger partial charge in [0.2, 0.25) is 10.0 Å². The molecule has 1 unspecified atom stereocenters. The summed E-state index contributed by atoms with van der Waals surface area (Å²) in [6.45, 7) is 2.66. The SMILES string of the molecule is CCCc1ccc(S(=O)(=O)N(C)CC2COc3ccccc3O2)cc1. The van der Waals surface area contributed by atoms with Crippen LogP contribution in [0.15, 0.2) is 53.4 Å². The highest BCUT2D eigenvalue weighted by molar-refractivity contribution is 7.89. The molecule has 0 aliphatic carbocycles. The van der Waals surface area contributed by atoms with Crippen LogP contribution in [0, 0.1) is 0 Å². The molecule has 0 radical (unpaired) electrons. The van der Waals surface area contributed by atoms with Crippen LogP contribution in [0.4, 0.5) is 0 Å². The molecule has 25 heavy (non-hydrogen) atoms. The highest BCUT2D eigenvalue weighted by Gasteiger charge is 2.27. The normalized spacial score (nSPS) is 16.8. The van der Waals surface area contributed by atoms with Gasteiger partial charge in [0.25, 0.3) is 0 Å². The molecule has 1 aliphatic rings. The van der Waals surface area contributed by atoms with E-state index in [1.54, 1.807) is 19.2 Å². The molecule has 5 nitrogen and oxygen atoms in total. The first-order valence-corrected chi connectivity index (χ1v) is 9.88. The lowest BCUT2D eigenvalue weighted by Crippen LogP contribution is -2.41. The fourth-order valence-electron chi connectivity index (χ4n) is 2.83. The summed E-state index contributed by atoms with van der Waals surface area (Å²) in [5.41, 5.74) is 1.14. The summed E-state index contributed by atoms with van der Waals surface area (Å²) in [6.07, 6.45) is 1.64. The summed E-state index contributed by atoms with van der Waals surface area (Å²) in [5, 5.41) is 0. The van der Waals surface area contributed by atoms with Gasteiger partial charge in [0.1, 0.15) is 12.7 Å². The van der Waals surface area contributed by atoms with Crippen molar-refractivity contribution in [2.24, 2.45) is 0 Å². The second kappa shape index (κ2) is 7.45. The van der Waals surface area contributed by atoms with Crippen molar-refractivity contribution in [3.05, 3.63) is 54.1 Å². The summed E-state index contributed by atoms with van der Waals surface area (Å²) in [6, 6.07) is 14.5. The van der Waals surface area contributed by atoms with E-state index in [1.165, 1.54) is 4.31 Å². The maximum Gasteiger partial charge on any atom is 0.242 e. The van der Waals surface area contributed by atoms with Crippen molar-refractivity contribution in [3.63, 3.8) is 0 Å². The van der Waals surface area contributed by atoms with Gasteiger partial charge in [-0.3, -0.25) is 0 Å². The second-order valence-electron chi connectivity index (χ2n) is 6.18. The lowest BCUT2D eigenvalue weighted by molar-refractivity contribution is 0.0798. The molecule has 1 atom stereocenters. The molecule has 0 amide bonds. The summed E-state index contributed by atoms with van der Waals surface area (Å²) >= 11 is 0. The van der Waals surface area contributed by atoms with Crippen molar-refractivity contribution in [2.45, 2.75) is 30.8 Å². The topological polar surface area (TPSA) is 55.8 Å². The van der Waals surface area contributed by atoms with Crippen LogP contribution in [0.1, 0.15) is 18.9 Å². The zero-order chi connectivity index (χ0) is 17.9. The molecule has 0 bridgehead atoms. The Morgan fingerprint density at radius 1 is 1.08 bits per heavy atom. The molecule has 134 valence electrons. The number of benzene rings is 2. The molecule has 0 saturated heterocycles. The van der Waals surface area contributed by atoms with Gasteiger partial charge in [-0.05, 0) is 36.2 Å². The van der Waals surface area contributed by atoms with Gasteiger partial charge in [-0.1, -0.05) is 37.6 Å². The van der Waals surface area contributed by atoms with Crippen molar-refractivity contribution >= 4 is 10.0 Å². The molecule has 3 rings (SSSR count). The molecule has 0 N–H and O–H groups in total. The van der Waals surface area contributed by atoms with Gasteiger partial charge < -0.3 is 9.47 Å². The second-order valence-corrected chi connectivity index (χ2v) is 8.22. The summed E-state index contributed by atoms with van der Waals surface area (Å²) < 4.78 is 38.3. The van der Waals surface area contributed by atoms with Crippen LogP contribution < -0.4 is 9.47 Å². The molecule has 1 heterocycles. The molecule has 1 aliphatic heterocycles. The molecule has 0 saturated carbocycles. The highest BCUT2D eigenvalue weighted by atomic mass is 32.2. The largest absolute Gasteiger partial charge is 0.486 e. The van der Waals surface area contributed by atoms with Gasteiger partial charge in [-0.25, -0.2) is 8.42 Å².